The fraction of sp³-hybridized carbons (Fsp3) is 0.714. The van der Waals surface area contributed by atoms with Crippen LogP contribution in [0.25, 0.3) is 0 Å². The number of nitrogens with zero attached hydrogens (tertiary/aromatic N) is 3. The number of aromatic nitrogens is 2. The smallest absolute Gasteiger partial charge is 0.151 e. The number of anilines is 1. The predicted molar refractivity (Wildman–Crippen MR) is 76.8 cm³/mol. The molecule has 0 aliphatic rings. The van der Waals surface area contributed by atoms with Crippen molar-refractivity contribution in [2.45, 2.75) is 40.7 Å². The van der Waals surface area contributed by atoms with Crippen LogP contribution >= 0.6 is 0 Å². The Labute approximate surface area is 111 Å². The molecule has 4 nitrogen and oxygen atoms in total. The summed E-state index contributed by atoms with van der Waals surface area (Å²) in [7, 11) is 0. The maximum Gasteiger partial charge on any atom is 0.151 e. The van der Waals surface area contributed by atoms with Gasteiger partial charge >= 0.3 is 0 Å². The first-order valence-corrected chi connectivity index (χ1v) is 6.99. The minimum atomic E-state index is 0.688. The average Bonchev–Trinajstić information content (AvgIpc) is 2.42. The Kier molecular flexibility index (Phi) is 6.65. The monoisotopic (exact) mass is 250 g/mol. The quantitative estimate of drug-likeness (QED) is 0.769. The summed E-state index contributed by atoms with van der Waals surface area (Å²) in [6.45, 7) is 12.5. The van der Waals surface area contributed by atoms with E-state index in [1.54, 1.807) is 0 Å². The van der Waals surface area contributed by atoms with E-state index in [0.29, 0.717) is 5.92 Å². The van der Waals surface area contributed by atoms with E-state index in [0.717, 1.165) is 37.7 Å². The number of rotatable bonds is 8. The van der Waals surface area contributed by atoms with Crippen LogP contribution in [-0.2, 0) is 6.54 Å². The summed E-state index contributed by atoms with van der Waals surface area (Å²) in [6.07, 6.45) is 1.20. The Balaban J connectivity index is 2.63. The van der Waals surface area contributed by atoms with Gasteiger partial charge < -0.3 is 10.2 Å². The second-order valence-electron chi connectivity index (χ2n) is 4.72. The van der Waals surface area contributed by atoms with Crippen molar-refractivity contribution in [3.8, 4) is 0 Å². The third-order valence-electron chi connectivity index (χ3n) is 3.20. The van der Waals surface area contributed by atoms with Gasteiger partial charge in [0.05, 0.1) is 5.69 Å². The lowest BCUT2D eigenvalue weighted by Crippen LogP contribution is -2.29. The Morgan fingerprint density at radius 3 is 2.50 bits per heavy atom. The number of nitrogens with one attached hydrogen (secondary N) is 1. The van der Waals surface area contributed by atoms with Crippen LogP contribution < -0.4 is 10.2 Å². The van der Waals surface area contributed by atoms with Crippen LogP contribution in [0.15, 0.2) is 12.1 Å². The molecule has 1 N–H and O–H groups in total. The van der Waals surface area contributed by atoms with E-state index in [4.69, 9.17) is 0 Å². The Morgan fingerprint density at radius 2 is 2.00 bits per heavy atom. The SMILES string of the molecule is CCNCc1ccc(N(CC)CC(C)CC)nn1. The van der Waals surface area contributed by atoms with Crippen LogP contribution in [0.1, 0.15) is 39.8 Å². The van der Waals surface area contributed by atoms with E-state index >= 15 is 0 Å². The van der Waals surface area contributed by atoms with Crippen molar-refractivity contribution in [1.29, 1.82) is 0 Å². The molecule has 1 unspecified atom stereocenters. The lowest BCUT2D eigenvalue weighted by Gasteiger charge is -2.24. The molecule has 1 rings (SSSR count). The van der Waals surface area contributed by atoms with Gasteiger partial charge in [-0.2, -0.15) is 5.10 Å². The maximum atomic E-state index is 4.33. The molecule has 0 saturated carbocycles. The molecule has 0 aromatic carbocycles. The zero-order valence-corrected chi connectivity index (χ0v) is 12.1. The zero-order valence-electron chi connectivity index (χ0n) is 12.1. The minimum Gasteiger partial charge on any atom is -0.355 e. The van der Waals surface area contributed by atoms with Crippen LogP contribution in [0.4, 0.5) is 5.82 Å². The molecule has 0 bridgehead atoms. The van der Waals surface area contributed by atoms with Crippen molar-refractivity contribution < 1.29 is 0 Å². The van der Waals surface area contributed by atoms with Crippen molar-refractivity contribution >= 4 is 5.82 Å². The summed E-state index contributed by atoms with van der Waals surface area (Å²) in [4.78, 5) is 2.29. The van der Waals surface area contributed by atoms with Gasteiger partial charge in [-0.15, -0.1) is 5.10 Å². The third-order valence-corrected chi connectivity index (χ3v) is 3.20. The first-order valence-electron chi connectivity index (χ1n) is 6.99. The van der Waals surface area contributed by atoms with Gasteiger partial charge in [0.2, 0.25) is 0 Å². The third kappa shape index (κ3) is 4.61. The fourth-order valence-electron chi connectivity index (χ4n) is 1.76. The summed E-state index contributed by atoms with van der Waals surface area (Å²) in [5.74, 6) is 1.67. The highest BCUT2D eigenvalue weighted by molar-refractivity contribution is 5.37. The molecular formula is C14H26N4. The van der Waals surface area contributed by atoms with Gasteiger partial charge in [0, 0.05) is 19.6 Å². The second kappa shape index (κ2) is 8.03. The first kappa shape index (κ1) is 14.9. The molecule has 0 radical (unpaired) electrons. The summed E-state index contributed by atoms with van der Waals surface area (Å²) >= 11 is 0. The lowest BCUT2D eigenvalue weighted by molar-refractivity contribution is 0.543. The first-order chi connectivity index (χ1) is 8.71. The molecule has 1 atom stereocenters. The van der Waals surface area contributed by atoms with Gasteiger partial charge in [-0.3, -0.25) is 0 Å². The molecule has 0 saturated heterocycles. The molecular weight excluding hydrogens is 224 g/mol. The molecule has 1 aromatic heterocycles. The summed E-state index contributed by atoms with van der Waals surface area (Å²) in [5, 5.41) is 11.8. The van der Waals surface area contributed by atoms with Crippen LogP contribution in [0.3, 0.4) is 0 Å². The molecule has 0 amide bonds. The van der Waals surface area contributed by atoms with Crippen molar-refractivity contribution in [2.24, 2.45) is 5.92 Å². The maximum absolute atomic E-state index is 4.33. The Hall–Kier alpha value is -1.16. The lowest BCUT2D eigenvalue weighted by atomic mass is 10.1. The van der Waals surface area contributed by atoms with E-state index in [1.807, 2.05) is 0 Å². The Morgan fingerprint density at radius 1 is 1.22 bits per heavy atom. The van der Waals surface area contributed by atoms with Crippen LogP contribution in [0.5, 0.6) is 0 Å². The van der Waals surface area contributed by atoms with Gasteiger partial charge in [-0.05, 0) is 31.5 Å². The molecule has 0 aliphatic heterocycles. The van der Waals surface area contributed by atoms with Gasteiger partial charge in [-0.25, -0.2) is 0 Å². The van der Waals surface area contributed by atoms with Gasteiger partial charge in [0.15, 0.2) is 5.82 Å². The van der Waals surface area contributed by atoms with E-state index in [-0.39, 0.29) is 0 Å². The summed E-state index contributed by atoms with van der Waals surface area (Å²) < 4.78 is 0. The van der Waals surface area contributed by atoms with Crippen molar-refractivity contribution in [3.05, 3.63) is 17.8 Å². The number of hydrogen-bond acceptors (Lipinski definition) is 4. The molecule has 0 aliphatic carbocycles. The highest BCUT2D eigenvalue weighted by Crippen LogP contribution is 2.13. The molecule has 0 spiro atoms. The standard InChI is InChI=1S/C14H26N4/c1-5-12(4)11-18(7-3)14-9-8-13(16-17-14)10-15-6-2/h8-9,12,15H,5-7,10-11H2,1-4H3. The van der Waals surface area contributed by atoms with E-state index in [2.05, 4.69) is 60.2 Å². The van der Waals surface area contributed by atoms with Crippen molar-refractivity contribution in [2.75, 3.05) is 24.5 Å². The predicted octanol–water partition coefficient (Wildman–Crippen LogP) is 2.46. The van der Waals surface area contributed by atoms with Gasteiger partial charge in [0.25, 0.3) is 0 Å². The molecule has 1 heterocycles. The normalized spacial score (nSPS) is 12.4. The largest absolute Gasteiger partial charge is 0.355 e. The fourth-order valence-corrected chi connectivity index (χ4v) is 1.76. The molecule has 18 heavy (non-hydrogen) atoms. The van der Waals surface area contributed by atoms with Crippen molar-refractivity contribution in [1.82, 2.24) is 15.5 Å². The summed E-state index contributed by atoms with van der Waals surface area (Å²) in [5.41, 5.74) is 1.00. The number of hydrogen-bond donors (Lipinski definition) is 1. The van der Waals surface area contributed by atoms with E-state index < -0.39 is 0 Å². The van der Waals surface area contributed by atoms with Crippen molar-refractivity contribution in [3.63, 3.8) is 0 Å². The highest BCUT2D eigenvalue weighted by Gasteiger charge is 2.09. The van der Waals surface area contributed by atoms with E-state index in [9.17, 15) is 0 Å². The summed E-state index contributed by atoms with van der Waals surface area (Å²) in [6, 6.07) is 4.13. The average molecular weight is 250 g/mol. The topological polar surface area (TPSA) is 41.0 Å². The minimum absolute atomic E-state index is 0.688. The van der Waals surface area contributed by atoms with E-state index in [1.165, 1.54) is 6.42 Å². The van der Waals surface area contributed by atoms with Crippen LogP contribution in [0.2, 0.25) is 0 Å². The van der Waals surface area contributed by atoms with Gasteiger partial charge in [0.1, 0.15) is 0 Å². The second-order valence-corrected chi connectivity index (χ2v) is 4.72. The molecule has 4 heteroatoms. The molecule has 102 valence electrons. The molecule has 0 fully saturated rings. The molecule has 1 aromatic rings. The van der Waals surface area contributed by atoms with Crippen LogP contribution in [0, 0.1) is 5.92 Å². The zero-order chi connectivity index (χ0) is 13.4. The van der Waals surface area contributed by atoms with Gasteiger partial charge in [-0.1, -0.05) is 27.2 Å². The van der Waals surface area contributed by atoms with Crippen LogP contribution in [-0.4, -0.2) is 29.8 Å². The Bertz CT molecular complexity index is 323. The highest BCUT2D eigenvalue weighted by atomic mass is 15.3.